The second-order valence-electron chi connectivity index (χ2n) is 13.9. The number of aliphatic carboxylic acids is 1. The third-order valence-corrected chi connectivity index (χ3v) is 9.13. The number of hydrogen-bond donors (Lipinski definition) is 1. The lowest BCUT2D eigenvalue weighted by Gasteiger charge is -2.49. The van der Waals surface area contributed by atoms with Gasteiger partial charge < -0.3 is 14.7 Å². The fraction of sp³-hybridized carbons (Fsp3) is 0.378. The summed E-state index contributed by atoms with van der Waals surface area (Å²) in [6, 6.07) is 18.1. The molecule has 44 heavy (non-hydrogen) atoms. The Morgan fingerprint density at radius 2 is 1.45 bits per heavy atom. The first-order valence-electron chi connectivity index (χ1n) is 15.2. The van der Waals surface area contributed by atoms with E-state index in [-0.39, 0.29) is 47.8 Å². The van der Waals surface area contributed by atoms with Crippen LogP contribution in [-0.2, 0) is 21.0 Å². The number of halogens is 1. The third-order valence-electron chi connectivity index (χ3n) is 9.13. The van der Waals surface area contributed by atoms with E-state index in [0.29, 0.717) is 48.1 Å². The van der Waals surface area contributed by atoms with Gasteiger partial charge in [-0.3, -0.25) is 14.4 Å². The molecule has 3 aromatic rings. The molecule has 0 spiro atoms. The first-order valence-corrected chi connectivity index (χ1v) is 15.2. The van der Waals surface area contributed by atoms with Crippen LogP contribution < -0.4 is 4.74 Å². The number of fused-ring (bicyclic) bond motifs is 1. The SMILES string of the molecule is CC1(C)CC(=O)C2=C(C1)N(CCC(=O)O)C1=C(C(=O)CC(C)(C)C1)C2c1c(OCc2ccccc2F)ccc2ccccc12. The first kappa shape index (κ1) is 29.8. The minimum absolute atomic E-state index is 0.0186. The molecule has 1 heterocycles. The molecule has 0 atom stereocenters. The van der Waals surface area contributed by atoms with Gasteiger partial charge in [-0.25, -0.2) is 4.39 Å². The molecule has 6 rings (SSSR count). The number of carboxylic acids is 1. The maximum absolute atomic E-state index is 14.6. The highest BCUT2D eigenvalue weighted by Gasteiger charge is 2.50. The van der Waals surface area contributed by atoms with Crippen LogP contribution in [0.5, 0.6) is 5.75 Å². The summed E-state index contributed by atoms with van der Waals surface area (Å²) in [5.74, 6) is -1.58. The number of allylic oxidation sites excluding steroid dienone is 4. The van der Waals surface area contributed by atoms with Crippen molar-refractivity contribution in [2.24, 2.45) is 10.8 Å². The standard InChI is InChI=1S/C37H38FNO5/c1-36(2)17-26-33(28(40)19-36)35(34-27(39(26)16-15-31(42)43)18-37(3,4)20-29(34)41)32-24-11-7-5-9-22(24)13-14-30(32)44-21-23-10-6-8-12-25(23)38/h5-14,35H,15-21H2,1-4H3,(H,42,43). The van der Waals surface area contributed by atoms with Gasteiger partial charge in [0.25, 0.3) is 0 Å². The summed E-state index contributed by atoms with van der Waals surface area (Å²) >= 11 is 0. The summed E-state index contributed by atoms with van der Waals surface area (Å²) in [7, 11) is 0. The topological polar surface area (TPSA) is 83.9 Å². The van der Waals surface area contributed by atoms with Crippen molar-refractivity contribution in [1.29, 1.82) is 0 Å². The Kier molecular flexibility index (Phi) is 7.47. The van der Waals surface area contributed by atoms with E-state index in [9.17, 15) is 23.9 Å². The molecule has 0 saturated heterocycles. The van der Waals surface area contributed by atoms with Crippen LogP contribution in [0.1, 0.15) is 76.8 Å². The Morgan fingerprint density at radius 3 is 2.07 bits per heavy atom. The summed E-state index contributed by atoms with van der Waals surface area (Å²) in [6.07, 6.45) is 1.66. The minimum atomic E-state index is -0.933. The highest BCUT2D eigenvalue weighted by molar-refractivity contribution is 6.08. The fourth-order valence-electron chi connectivity index (χ4n) is 7.28. The number of ether oxygens (including phenoxy) is 1. The molecule has 0 saturated carbocycles. The largest absolute Gasteiger partial charge is 0.488 e. The number of benzene rings is 3. The van der Waals surface area contributed by atoms with Crippen molar-refractivity contribution in [1.82, 2.24) is 4.90 Å². The molecule has 3 aliphatic rings. The molecule has 1 aliphatic heterocycles. The van der Waals surface area contributed by atoms with Crippen LogP contribution in [0, 0.1) is 16.6 Å². The number of rotatable bonds is 7. The van der Waals surface area contributed by atoms with E-state index in [0.717, 1.165) is 27.7 Å². The number of carbonyl (C=O) groups excluding carboxylic acids is 2. The molecule has 0 bridgehead atoms. The highest BCUT2D eigenvalue weighted by atomic mass is 19.1. The number of carboxylic acid groups (broad SMARTS) is 1. The van der Waals surface area contributed by atoms with Gasteiger partial charge in [0.05, 0.1) is 6.42 Å². The first-order chi connectivity index (χ1) is 20.8. The van der Waals surface area contributed by atoms with Crippen LogP contribution in [0.15, 0.2) is 83.2 Å². The van der Waals surface area contributed by atoms with Crippen LogP contribution in [0.2, 0.25) is 0 Å². The van der Waals surface area contributed by atoms with Crippen LogP contribution in [0.4, 0.5) is 4.39 Å². The summed E-state index contributed by atoms with van der Waals surface area (Å²) < 4.78 is 21.0. The van der Waals surface area contributed by atoms with Crippen LogP contribution >= 0.6 is 0 Å². The van der Waals surface area contributed by atoms with Crippen LogP contribution in [-0.4, -0.2) is 34.1 Å². The molecule has 0 unspecified atom stereocenters. The monoisotopic (exact) mass is 595 g/mol. The minimum Gasteiger partial charge on any atom is -0.488 e. The molecule has 1 N–H and O–H groups in total. The predicted octanol–water partition coefficient (Wildman–Crippen LogP) is 7.72. The molecule has 6 nitrogen and oxygen atoms in total. The quantitative estimate of drug-likeness (QED) is 0.301. The van der Waals surface area contributed by atoms with Gasteiger partial charge >= 0.3 is 5.97 Å². The zero-order valence-corrected chi connectivity index (χ0v) is 25.7. The van der Waals surface area contributed by atoms with Crippen molar-refractivity contribution in [3.8, 4) is 5.75 Å². The van der Waals surface area contributed by atoms with Gasteiger partial charge in [0, 0.05) is 59.0 Å². The molecule has 228 valence electrons. The lowest BCUT2D eigenvalue weighted by molar-refractivity contribution is -0.137. The molecule has 7 heteroatoms. The Labute approximate surface area is 257 Å². The lowest BCUT2D eigenvalue weighted by Crippen LogP contribution is -2.45. The molecule has 0 amide bonds. The highest BCUT2D eigenvalue weighted by Crippen LogP contribution is 2.56. The van der Waals surface area contributed by atoms with Crippen LogP contribution in [0.25, 0.3) is 10.8 Å². The molecule has 0 fully saturated rings. The molecular formula is C37H38FNO5. The van der Waals surface area contributed by atoms with Gasteiger partial charge in [0.2, 0.25) is 0 Å². The lowest BCUT2D eigenvalue weighted by atomic mass is 9.63. The molecule has 3 aromatic carbocycles. The van der Waals surface area contributed by atoms with E-state index < -0.39 is 11.9 Å². The van der Waals surface area contributed by atoms with Gasteiger partial charge in [0.1, 0.15) is 18.2 Å². The van der Waals surface area contributed by atoms with Gasteiger partial charge in [-0.1, -0.05) is 76.2 Å². The second-order valence-corrected chi connectivity index (χ2v) is 13.9. The average molecular weight is 596 g/mol. The summed E-state index contributed by atoms with van der Waals surface area (Å²) in [5, 5.41) is 11.5. The van der Waals surface area contributed by atoms with Crippen molar-refractivity contribution in [3.63, 3.8) is 0 Å². The fourth-order valence-corrected chi connectivity index (χ4v) is 7.28. The zero-order valence-electron chi connectivity index (χ0n) is 25.7. The Bertz CT molecular complexity index is 1710. The van der Waals surface area contributed by atoms with E-state index in [2.05, 4.69) is 27.7 Å². The molecule has 0 radical (unpaired) electrons. The van der Waals surface area contributed by atoms with Crippen LogP contribution in [0.3, 0.4) is 0 Å². The number of nitrogens with zero attached hydrogens (tertiary/aromatic N) is 1. The van der Waals surface area contributed by atoms with E-state index in [1.165, 1.54) is 6.07 Å². The van der Waals surface area contributed by atoms with E-state index >= 15 is 0 Å². The van der Waals surface area contributed by atoms with Crippen molar-refractivity contribution >= 4 is 28.3 Å². The predicted molar refractivity (Wildman–Crippen MR) is 166 cm³/mol. The maximum Gasteiger partial charge on any atom is 0.305 e. The average Bonchev–Trinajstić information content (AvgIpc) is 2.93. The van der Waals surface area contributed by atoms with E-state index in [1.807, 2.05) is 41.3 Å². The number of ketones is 2. The second kappa shape index (κ2) is 11.0. The van der Waals surface area contributed by atoms with Crippen molar-refractivity contribution in [3.05, 3.63) is 100 Å². The van der Waals surface area contributed by atoms with Crippen molar-refractivity contribution < 1.29 is 28.6 Å². The van der Waals surface area contributed by atoms with E-state index in [1.54, 1.807) is 18.2 Å². The Balaban J connectivity index is 1.62. The van der Waals surface area contributed by atoms with Crippen molar-refractivity contribution in [2.75, 3.05) is 6.54 Å². The number of hydrogen-bond acceptors (Lipinski definition) is 5. The van der Waals surface area contributed by atoms with Crippen molar-refractivity contribution in [2.45, 2.75) is 72.3 Å². The van der Waals surface area contributed by atoms with Gasteiger partial charge in [-0.2, -0.15) is 0 Å². The zero-order chi connectivity index (χ0) is 31.4. The maximum atomic E-state index is 14.6. The summed E-state index contributed by atoms with van der Waals surface area (Å²) in [6.45, 7) is 8.38. The number of carbonyl (C=O) groups is 3. The number of Topliss-reactive ketones (excluding diaryl/α,β-unsaturated/α-hetero) is 2. The molecular weight excluding hydrogens is 557 g/mol. The normalized spacial score (nSPS) is 19.7. The Hall–Kier alpha value is -4.26. The summed E-state index contributed by atoms with van der Waals surface area (Å²) in [4.78, 5) is 42.3. The Morgan fingerprint density at radius 1 is 0.864 bits per heavy atom. The third kappa shape index (κ3) is 5.44. The smallest absolute Gasteiger partial charge is 0.305 e. The molecule has 0 aromatic heterocycles. The summed E-state index contributed by atoms with van der Waals surface area (Å²) in [5.41, 5.74) is 3.15. The van der Waals surface area contributed by atoms with Gasteiger partial charge in [-0.05, 0) is 46.6 Å². The van der Waals surface area contributed by atoms with Gasteiger partial charge in [-0.15, -0.1) is 0 Å². The van der Waals surface area contributed by atoms with E-state index in [4.69, 9.17) is 4.74 Å². The molecule has 2 aliphatic carbocycles. The van der Waals surface area contributed by atoms with Gasteiger partial charge in [0.15, 0.2) is 11.6 Å².